The third kappa shape index (κ3) is 4.18. The lowest BCUT2D eigenvalue weighted by molar-refractivity contribution is -0.122. The van der Waals surface area contributed by atoms with Gasteiger partial charge in [-0.25, -0.2) is 9.69 Å². The fourth-order valence-electron chi connectivity index (χ4n) is 8.84. The van der Waals surface area contributed by atoms with Gasteiger partial charge >= 0.3 is 6.03 Å². The zero-order chi connectivity index (χ0) is 28.6. The predicted octanol–water partition coefficient (Wildman–Crippen LogP) is 6.85. The van der Waals surface area contributed by atoms with Crippen molar-refractivity contribution in [2.24, 2.45) is 17.8 Å². The van der Waals surface area contributed by atoms with Gasteiger partial charge in [-0.05, 0) is 136 Å². The summed E-state index contributed by atoms with van der Waals surface area (Å²) in [5, 5.41) is 2.39. The predicted molar refractivity (Wildman–Crippen MR) is 160 cm³/mol. The molecule has 1 saturated heterocycles. The number of aromatic nitrogens is 1. The second-order valence-electron chi connectivity index (χ2n) is 13.2. The van der Waals surface area contributed by atoms with Crippen molar-refractivity contribution in [3.8, 4) is 5.69 Å². The molecule has 8 rings (SSSR count). The van der Waals surface area contributed by atoms with Crippen LogP contribution in [0, 0.1) is 45.4 Å². The summed E-state index contributed by atoms with van der Waals surface area (Å²) in [5.74, 6) is 1.25. The van der Waals surface area contributed by atoms with Gasteiger partial charge in [-0.2, -0.15) is 0 Å². The van der Waals surface area contributed by atoms with Gasteiger partial charge in [0.15, 0.2) is 0 Å². The first-order valence-electron chi connectivity index (χ1n) is 14.9. The second-order valence-corrected chi connectivity index (χ2v) is 13.2. The van der Waals surface area contributed by atoms with Crippen LogP contribution in [0.1, 0.15) is 72.2 Å². The zero-order valence-electron chi connectivity index (χ0n) is 24.3. The Morgan fingerprint density at radius 2 is 1.46 bits per heavy atom. The number of barbiturate groups is 1. The van der Waals surface area contributed by atoms with Crippen LogP contribution in [-0.4, -0.2) is 22.4 Å². The molecule has 41 heavy (non-hydrogen) atoms. The summed E-state index contributed by atoms with van der Waals surface area (Å²) in [6.45, 7) is 8.14. The van der Waals surface area contributed by atoms with Crippen molar-refractivity contribution in [2.75, 3.05) is 4.90 Å². The van der Waals surface area contributed by atoms with Crippen LogP contribution < -0.4 is 10.2 Å². The molecule has 5 aliphatic rings. The Labute approximate surface area is 241 Å². The van der Waals surface area contributed by atoms with Gasteiger partial charge in [0.2, 0.25) is 0 Å². The molecule has 4 saturated carbocycles. The lowest BCUT2D eigenvalue weighted by Gasteiger charge is -2.57. The molecule has 1 N–H and O–H groups in total. The average Bonchev–Trinajstić information content (AvgIpc) is 3.18. The van der Waals surface area contributed by atoms with E-state index in [1.54, 1.807) is 6.08 Å². The van der Waals surface area contributed by atoms with Crippen molar-refractivity contribution in [1.29, 1.82) is 0 Å². The summed E-state index contributed by atoms with van der Waals surface area (Å²) in [5.41, 5.74) is 8.09. The van der Waals surface area contributed by atoms with Crippen molar-refractivity contribution in [3.63, 3.8) is 0 Å². The minimum Gasteiger partial charge on any atom is -0.318 e. The monoisotopic (exact) mass is 547 g/mol. The molecule has 1 aromatic heterocycles. The largest absolute Gasteiger partial charge is 0.335 e. The number of urea groups is 1. The van der Waals surface area contributed by atoms with Crippen molar-refractivity contribution < 1.29 is 14.4 Å². The maximum atomic E-state index is 13.7. The van der Waals surface area contributed by atoms with Crippen LogP contribution >= 0.6 is 0 Å². The molecule has 5 fully saturated rings. The number of nitrogens with one attached hydrogen (secondary N) is 1. The van der Waals surface area contributed by atoms with Crippen molar-refractivity contribution in [1.82, 2.24) is 9.88 Å². The fourth-order valence-corrected chi connectivity index (χ4v) is 8.84. The van der Waals surface area contributed by atoms with Gasteiger partial charge in [0.25, 0.3) is 11.8 Å². The Bertz CT molecular complexity index is 1610. The number of hydrogen-bond donors (Lipinski definition) is 1. The minimum atomic E-state index is -0.708. The van der Waals surface area contributed by atoms with Gasteiger partial charge < -0.3 is 4.57 Å². The van der Waals surface area contributed by atoms with Gasteiger partial charge in [-0.15, -0.1) is 0 Å². The summed E-state index contributed by atoms with van der Waals surface area (Å²) < 4.78 is 2.14. The number of aryl methyl sites for hydroxylation is 3. The van der Waals surface area contributed by atoms with E-state index in [-0.39, 0.29) is 11.0 Å². The molecule has 4 amide bonds. The Morgan fingerprint density at radius 1 is 0.829 bits per heavy atom. The van der Waals surface area contributed by atoms with E-state index in [1.165, 1.54) is 49.7 Å². The average molecular weight is 548 g/mol. The van der Waals surface area contributed by atoms with Crippen LogP contribution in [0.3, 0.4) is 0 Å². The summed E-state index contributed by atoms with van der Waals surface area (Å²) in [6.07, 6.45) is 9.53. The Kier molecular flexibility index (Phi) is 5.90. The van der Waals surface area contributed by atoms with Gasteiger partial charge in [0.05, 0.1) is 5.69 Å². The number of benzene rings is 2. The fraction of sp³-hybridized carbons (Fsp3) is 0.400. The molecule has 4 bridgehead atoms. The molecule has 0 unspecified atom stereocenters. The van der Waals surface area contributed by atoms with Crippen LogP contribution in [-0.2, 0) is 15.0 Å². The molecular weight excluding hydrogens is 510 g/mol. The molecular formula is C35H37N3O3. The van der Waals surface area contributed by atoms with E-state index in [0.29, 0.717) is 5.69 Å². The van der Waals surface area contributed by atoms with Gasteiger partial charge in [0, 0.05) is 17.1 Å². The molecule has 4 aliphatic carbocycles. The number of imide groups is 2. The van der Waals surface area contributed by atoms with Crippen LogP contribution in [0.25, 0.3) is 11.8 Å². The number of amides is 4. The zero-order valence-corrected chi connectivity index (χ0v) is 24.3. The summed E-state index contributed by atoms with van der Waals surface area (Å²) >= 11 is 0. The lowest BCUT2D eigenvalue weighted by atomic mass is 9.48. The van der Waals surface area contributed by atoms with Crippen LogP contribution in [0.5, 0.6) is 0 Å². The molecule has 6 nitrogen and oxygen atoms in total. The third-order valence-corrected chi connectivity index (χ3v) is 10.2. The summed E-state index contributed by atoms with van der Waals surface area (Å²) in [6, 6.07) is 15.6. The topological polar surface area (TPSA) is 71.4 Å². The highest BCUT2D eigenvalue weighted by molar-refractivity contribution is 6.39. The molecule has 210 valence electrons. The molecule has 3 aromatic rings. The molecule has 2 aromatic carbocycles. The van der Waals surface area contributed by atoms with E-state index in [2.05, 4.69) is 54.1 Å². The van der Waals surface area contributed by atoms with Crippen molar-refractivity contribution in [2.45, 2.75) is 71.6 Å². The van der Waals surface area contributed by atoms with E-state index < -0.39 is 17.8 Å². The number of anilines is 1. The molecule has 1 aliphatic heterocycles. The number of carbonyl (C=O) groups is 3. The molecule has 0 spiro atoms. The number of nitrogens with zero attached hydrogens (tertiary/aromatic N) is 2. The number of carbonyl (C=O) groups excluding carboxylic acids is 3. The van der Waals surface area contributed by atoms with Crippen LogP contribution in [0.4, 0.5) is 10.5 Å². The first kappa shape index (κ1) is 26.0. The van der Waals surface area contributed by atoms with E-state index >= 15 is 0 Å². The normalized spacial score (nSPS) is 28.1. The Balaban J connectivity index is 1.19. The molecule has 0 radical (unpaired) electrons. The van der Waals surface area contributed by atoms with E-state index in [4.69, 9.17) is 0 Å². The summed E-state index contributed by atoms with van der Waals surface area (Å²) in [7, 11) is 0. The number of hydrogen-bond acceptors (Lipinski definition) is 3. The third-order valence-electron chi connectivity index (χ3n) is 10.2. The van der Waals surface area contributed by atoms with Gasteiger partial charge in [-0.1, -0.05) is 29.8 Å². The van der Waals surface area contributed by atoms with E-state index in [0.717, 1.165) is 50.9 Å². The first-order valence-corrected chi connectivity index (χ1v) is 14.9. The van der Waals surface area contributed by atoms with E-state index in [1.807, 2.05) is 32.0 Å². The second kappa shape index (κ2) is 9.30. The molecule has 0 atom stereocenters. The van der Waals surface area contributed by atoms with E-state index in [9.17, 15) is 14.4 Å². The van der Waals surface area contributed by atoms with Crippen LogP contribution in [0.15, 0.2) is 54.1 Å². The van der Waals surface area contributed by atoms with Gasteiger partial charge in [-0.3, -0.25) is 14.9 Å². The standard InChI is InChI=1S/C35H37N3O3/c1-20-5-10-31(21(2)11-20)37-22(3)12-27(23(37)4)16-30-32(39)36-34(41)38(33(30)40)29-8-6-28(7-9-29)35-17-24-13-25(18-35)15-26(14-24)19-35/h5-12,16,24-26H,13-15,17-19H2,1-4H3,(H,36,39,41)/b30-16+. The molecule has 2 heterocycles. The van der Waals surface area contributed by atoms with Gasteiger partial charge in [0.1, 0.15) is 5.57 Å². The quantitative estimate of drug-likeness (QED) is 0.287. The minimum absolute atomic E-state index is 0.0457. The Morgan fingerprint density at radius 3 is 2.07 bits per heavy atom. The highest BCUT2D eigenvalue weighted by Crippen LogP contribution is 2.60. The smallest absolute Gasteiger partial charge is 0.318 e. The SMILES string of the molecule is Cc1ccc(-n2c(C)cc(/C=C3\C(=O)NC(=O)N(c4ccc(C56CC7CC(CC(C7)C5)C6)cc4)C3=O)c2C)c(C)c1. The van der Waals surface area contributed by atoms with Crippen molar-refractivity contribution >= 4 is 29.6 Å². The lowest BCUT2D eigenvalue weighted by Crippen LogP contribution is -2.54. The maximum Gasteiger partial charge on any atom is 0.335 e. The highest BCUT2D eigenvalue weighted by atomic mass is 16.2. The number of rotatable bonds is 4. The summed E-state index contributed by atoms with van der Waals surface area (Å²) in [4.78, 5) is 40.6. The first-order chi connectivity index (χ1) is 19.6. The highest BCUT2D eigenvalue weighted by Gasteiger charge is 2.51. The maximum absolute atomic E-state index is 13.7. The molecule has 6 heteroatoms. The Hall–Kier alpha value is -3.93. The van der Waals surface area contributed by atoms with Crippen LogP contribution in [0.2, 0.25) is 0 Å². The van der Waals surface area contributed by atoms with Crippen molar-refractivity contribution in [3.05, 3.63) is 87.7 Å².